The first-order valence-electron chi connectivity index (χ1n) is 7.27. The van der Waals surface area contributed by atoms with Gasteiger partial charge >= 0.3 is 0 Å². The van der Waals surface area contributed by atoms with Gasteiger partial charge in [0.25, 0.3) is 0 Å². The molecule has 1 fully saturated rings. The highest BCUT2D eigenvalue weighted by Crippen LogP contribution is 2.25. The second-order valence-corrected chi connectivity index (χ2v) is 5.51. The first-order chi connectivity index (χ1) is 9.76. The smallest absolute Gasteiger partial charge is 0.129 e. The van der Waals surface area contributed by atoms with Crippen LogP contribution in [0.3, 0.4) is 0 Å². The molecule has 106 valence electrons. The highest BCUT2D eigenvalue weighted by Gasteiger charge is 2.19. The Kier molecular flexibility index (Phi) is 3.83. The highest BCUT2D eigenvalue weighted by atomic mass is 19.1. The predicted octanol–water partition coefficient (Wildman–Crippen LogP) is 2.94. The minimum Gasteiger partial charge on any atom is -0.357 e. The normalized spacial score (nSPS) is 16.8. The van der Waals surface area contributed by atoms with Gasteiger partial charge < -0.3 is 10.6 Å². The Morgan fingerprint density at radius 1 is 1.20 bits per heavy atom. The van der Waals surface area contributed by atoms with Crippen LogP contribution < -0.4 is 10.6 Å². The van der Waals surface area contributed by atoms with Crippen LogP contribution >= 0.6 is 0 Å². The fourth-order valence-electron chi connectivity index (χ4n) is 2.95. The van der Waals surface area contributed by atoms with E-state index in [1.165, 1.54) is 25.0 Å². The van der Waals surface area contributed by atoms with Crippen LogP contribution in [0.2, 0.25) is 0 Å². The van der Waals surface area contributed by atoms with Gasteiger partial charge in [0, 0.05) is 18.5 Å². The topological polar surface area (TPSA) is 42.1 Å². The third-order valence-electron chi connectivity index (χ3n) is 4.15. The van der Waals surface area contributed by atoms with Crippen molar-refractivity contribution in [3.63, 3.8) is 0 Å². The number of benzene rings is 1. The van der Waals surface area contributed by atoms with Crippen molar-refractivity contribution < 1.29 is 4.39 Å². The molecule has 0 saturated carbocycles. The van der Waals surface area contributed by atoms with E-state index in [1.807, 2.05) is 12.1 Å². The quantitative estimate of drug-likeness (QED) is 0.935. The van der Waals surface area contributed by atoms with E-state index in [1.54, 1.807) is 6.07 Å². The number of rotatable bonds is 3. The van der Waals surface area contributed by atoms with Crippen molar-refractivity contribution in [3.05, 3.63) is 36.1 Å². The van der Waals surface area contributed by atoms with Gasteiger partial charge in [0.15, 0.2) is 0 Å². The molecule has 0 aliphatic carbocycles. The molecule has 3 rings (SSSR count). The van der Waals surface area contributed by atoms with Gasteiger partial charge in [0.1, 0.15) is 11.6 Å². The molecule has 0 amide bonds. The van der Waals surface area contributed by atoms with Crippen LogP contribution in [0.15, 0.2) is 30.3 Å². The highest BCUT2D eigenvalue weighted by molar-refractivity contribution is 5.80. The first-order valence-corrected chi connectivity index (χ1v) is 7.27. The lowest BCUT2D eigenvalue weighted by Crippen LogP contribution is -2.34. The molecule has 0 unspecified atom stereocenters. The molecule has 0 bridgehead atoms. The molecule has 0 atom stereocenters. The fraction of sp³-hybridized carbons (Fsp3) is 0.438. The van der Waals surface area contributed by atoms with E-state index in [-0.39, 0.29) is 5.82 Å². The number of hydrogen-bond donors (Lipinski definition) is 1. The van der Waals surface area contributed by atoms with Crippen molar-refractivity contribution in [2.45, 2.75) is 19.3 Å². The molecule has 1 aliphatic heterocycles. The van der Waals surface area contributed by atoms with Gasteiger partial charge in [-0.3, -0.25) is 0 Å². The summed E-state index contributed by atoms with van der Waals surface area (Å²) in [5.41, 5.74) is 6.48. The van der Waals surface area contributed by atoms with Gasteiger partial charge in [-0.25, -0.2) is 9.37 Å². The minimum atomic E-state index is -0.213. The van der Waals surface area contributed by atoms with Crippen molar-refractivity contribution in [2.24, 2.45) is 11.7 Å². The maximum atomic E-state index is 13.2. The molecule has 20 heavy (non-hydrogen) atoms. The zero-order valence-electron chi connectivity index (χ0n) is 11.6. The monoisotopic (exact) mass is 273 g/mol. The second-order valence-electron chi connectivity index (χ2n) is 5.51. The van der Waals surface area contributed by atoms with Gasteiger partial charge in [-0.2, -0.15) is 0 Å². The molecular weight excluding hydrogens is 253 g/mol. The summed E-state index contributed by atoms with van der Waals surface area (Å²) in [5.74, 6) is 1.54. The Balaban J connectivity index is 1.76. The molecule has 1 aliphatic rings. The summed E-state index contributed by atoms with van der Waals surface area (Å²) in [6.07, 6.45) is 3.49. The standard InChI is InChI=1S/C16H20FN3/c17-14-2-3-15-13(11-14)1-4-16(19-15)20-9-6-12(5-8-18)7-10-20/h1-4,11-12H,5-10,18H2. The lowest BCUT2D eigenvalue weighted by molar-refractivity contribution is 0.385. The van der Waals surface area contributed by atoms with Crippen molar-refractivity contribution in [1.29, 1.82) is 0 Å². The lowest BCUT2D eigenvalue weighted by atomic mass is 9.93. The van der Waals surface area contributed by atoms with Crippen molar-refractivity contribution in [1.82, 2.24) is 4.98 Å². The number of anilines is 1. The number of nitrogens with two attached hydrogens (primary N) is 1. The van der Waals surface area contributed by atoms with Crippen molar-refractivity contribution in [2.75, 3.05) is 24.5 Å². The summed E-state index contributed by atoms with van der Waals surface area (Å²) in [4.78, 5) is 6.96. The summed E-state index contributed by atoms with van der Waals surface area (Å²) >= 11 is 0. The third kappa shape index (κ3) is 2.75. The van der Waals surface area contributed by atoms with Crippen molar-refractivity contribution in [3.8, 4) is 0 Å². The molecule has 0 radical (unpaired) electrons. The van der Waals surface area contributed by atoms with Gasteiger partial charge in [0.05, 0.1) is 5.52 Å². The number of hydrogen-bond acceptors (Lipinski definition) is 3. The Morgan fingerprint density at radius 3 is 2.75 bits per heavy atom. The third-order valence-corrected chi connectivity index (χ3v) is 4.15. The Labute approximate surface area is 118 Å². The number of piperidine rings is 1. The van der Waals surface area contributed by atoms with Gasteiger partial charge in [-0.05, 0) is 62.1 Å². The van der Waals surface area contributed by atoms with E-state index in [2.05, 4.69) is 9.88 Å². The molecule has 1 saturated heterocycles. The zero-order chi connectivity index (χ0) is 13.9. The zero-order valence-corrected chi connectivity index (χ0v) is 11.6. The number of aromatic nitrogens is 1. The molecule has 2 heterocycles. The van der Waals surface area contributed by atoms with Crippen LogP contribution in [0.4, 0.5) is 10.2 Å². The van der Waals surface area contributed by atoms with Crippen LogP contribution in [-0.2, 0) is 0 Å². The van der Waals surface area contributed by atoms with Crippen LogP contribution in [-0.4, -0.2) is 24.6 Å². The number of nitrogens with zero attached hydrogens (tertiary/aromatic N) is 2. The maximum Gasteiger partial charge on any atom is 0.129 e. The van der Waals surface area contributed by atoms with Crippen LogP contribution in [0.5, 0.6) is 0 Å². The average molecular weight is 273 g/mol. The molecule has 2 aromatic rings. The number of halogens is 1. The molecular formula is C16H20FN3. The van der Waals surface area contributed by atoms with Crippen LogP contribution in [0.25, 0.3) is 10.9 Å². The minimum absolute atomic E-state index is 0.213. The lowest BCUT2D eigenvalue weighted by Gasteiger charge is -2.32. The Bertz CT molecular complexity index is 591. The van der Waals surface area contributed by atoms with Gasteiger partial charge in [0.2, 0.25) is 0 Å². The molecule has 1 aromatic carbocycles. The van der Waals surface area contributed by atoms with E-state index in [9.17, 15) is 4.39 Å². The fourth-order valence-corrected chi connectivity index (χ4v) is 2.95. The summed E-state index contributed by atoms with van der Waals surface area (Å²) in [5, 5.41) is 0.853. The van der Waals surface area contributed by atoms with E-state index < -0.39 is 0 Å². The summed E-state index contributed by atoms with van der Waals surface area (Å²) in [7, 11) is 0. The molecule has 4 heteroatoms. The molecule has 0 spiro atoms. The summed E-state index contributed by atoms with van der Waals surface area (Å²) in [6, 6.07) is 8.68. The maximum absolute atomic E-state index is 13.2. The first kappa shape index (κ1) is 13.3. The summed E-state index contributed by atoms with van der Waals surface area (Å²) in [6.45, 7) is 2.85. The van der Waals surface area contributed by atoms with E-state index in [0.29, 0.717) is 0 Å². The largest absolute Gasteiger partial charge is 0.357 e. The molecule has 2 N–H and O–H groups in total. The molecule has 1 aromatic heterocycles. The second kappa shape index (κ2) is 5.75. The van der Waals surface area contributed by atoms with Gasteiger partial charge in [-0.1, -0.05) is 0 Å². The van der Waals surface area contributed by atoms with Crippen molar-refractivity contribution >= 4 is 16.7 Å². The Hall–Kier alpha value is -1.68. The Morgan fingerprint density at radius 2 is 2.00 bits per heavy atom. The number of pyridine rings is 1. The van der Waals surface area contributed by atoms with E-state index in [0.717, 1.165) is 48.7 Å². The van der Waals surface area contributed by atoms with Crippen LogP contribution in [0, 0.1) is 11.7 Å². The number of fused-ring (bicyclic) bond motifs is 1. The molecule has 3 nitrogen and oxygen atoms in total. The average Bonchev–Trinajstić information content (AvgIpc) is 2.48. The predicted molar refractivity (Wildman–Crippen MR) is 80.3 cm³/mol. The van der Waals surface area contributed by atoms with Gasteiger partial charge in [-0.15, -0.1) is 0 Å². The van der Waals surface area contributed by atoms with E-state index >= 15 is 0 Å². The summed E-state index contributed by atoms with van der Waals surface area (Å²) < 4.78 is 13.2. The SMILES string of the molecule is NCCC1CCN(c2ccc3cc(F)ccc3n2)CC1. The van der Waals surface area contributed by atoms with Crippen LogP contribution in [0.1, 0.15) is 19.3 Å². The van der Waals surface area contributed by atoms with E-state index in [4.69, 9.17) is 5.73 Å².